The second-order valence-corrected chi connectivity index (χ2v) is 5.94. The molecular weight excluding hydrogens is 367 g/mol. The largest absolute Gasteiger partial charge is 0.416 e. The van der Waals surface area contributed by atoms with Gasteiger partial charge in [-0.1, -0.05) is 30.3 Å². The summed E-state index contributed by atoms with van der Waals surface area (Å²) in [7, 11) is 0. The Kier molecular flexibility index (Phi) is 4.59. The normalized spacial score (nSPS) is 12.2. The Hall–Kier alpha value is -3.03. The summed E-state index contributed by atoms with van der Waals surface area (Å²) in [6.45, 7) is 1.16. The second-order valence-electron chi connectivity index (χ2n) is 5.94. The molecule has 0 amide bonds. The summed E-state index contributed by atoms with van der Waals surface area (Å²) < 4.78 is 69.4. The van der Waals surface area contributed by atoms with Gasteiger partial charge in [-0.05, 0) is 30.7 Å². The van der Waals surface area contributed by atoms with E-state index < -0.39 is 34.6 Å². The van der Waals surface area contributed by atoms with Crippen molar-refractivity contribution in [2.75, 3.05) is 0 Å². The summed E-state index contributed by atoms with van der Waals surface area (Å²) in [5, 5.41) is 3.87. The maximum absolute atomic E-state index is 14.6. The minimum absolute atomic E-state index is 0.202. The number of carbonyl (C=O) groups is 1. The van der Waals surface area contributed by atoms with Gasteiger partial charge in [0.25, 0.3) is 0 Å². The average Bonchev–Trinajstić information content (AvgIpc) is 3.11. The highest BCUT2D eigenvalue weighted by Crippen LogP contribution is 2.38. The summed E-state index contributed by atoms with van der Waals surface area (Å²) in [6, 6.07) is 10.6. The molecule has 3 nitrogen and oxygen atoms in total. The van der Waals surface area contributed by atoms with Crippen LogP contribution in [0.2, 0.25) is 0 Å². The van der Waals surface area contributed by atoms with Crippen LogP contribution in [-0.2, 0) is 12.1 Å². The lowest BCUT2D eigenvalue weighted by Gasteiger charge is -2.18. The van der Waals surface area contributed by atoms with Gasteiger partial charge in [0, 0.05) is 11.8 Å². The third-order valence-electron chi connectivity index (χ3n) is 4.06. The minimum atomic E-state index is -4.79. The highest BCUT2D eigenvalue weighted by molar-refractivity contribution is 6.01. The minimum Gasteiger partial charge on any atom is -0.287 e. The summed E-state index contributed by atoms with van der Waals surface area (Å²) in [4.78, 5) is 12.3. The van der Waals surface area contributed by atoms with Crippen molar-refractivity contribution in [1.82, 2.24) is 9.78 Å². The molecule has 27 heavy (non-hydrogen) atoms. The maximum atomic E-state index is 14.6. The van der Waals surface area contributed by atoms with Crippen LogP contribution in [0.3, 0.4) is 0 Å². The fraction of sp³-hybridized carbons (Fsp3) is 0.158. The molecule has 140 valence electrons. The molecule has 3 rings (SSSR count). The molecule has 0 saturated heterocycles. The molecule has 0 atom stereocenters. The Labute approximate surface area is 151 Å². The van der Waals surface area contributed by atoms with E-state index in [9.17, 15) is 26.7 Å². The van der Waals surface area contributed by atoms with E-state index in [4.69, 9.17) is 0 Å². The second kappa shape index (κ2) is 6.61. The van der Waals surface area contributed by atoms with Crippen LogP contribution < -0.4 is 0 Å². The van der Waals surface area contributed by atoms with Gasteiger partial charge in [0.1, 0.15) is 0 Å². The Morgan fingerprint density at radius 3 is 2.30 bits per heavy atom. The van der Waals surface area contributed by atoms with Gasteiger partial charge in [0.15, 0.2) is 0 Å². The number of para-hydroxylation sites is 1. The Morgan fingerprint density at radius 2 is 1.67 bits per heavy atom. The summed E-state index contributed by atoms with van der Waals surface area (Å²) in [5.74, 6) is -5.75. The average molecular weight is 380 g/mol. The number of Topliss-reactive ketones (excluding diaryl/α,β-unsaturated/α-hetero) is 1. The predicted molar refractivity (Wildman–Crippen MR) is 88.0 cm³/mol. The van der Waals surface area contributed by atoms with Crippen LogP contribution in [0.25, 0.3) is 5.69 Å². The van der Waals surface area contributed by atoms with E-state index in [0.29, 0.717) is 11.8 Å². The number of hydrogen-bond acceptors (Lipinski definition) is 2. The first-order valence-electron chi connectivity index (χ1n) is 7.82. The molecule has 0 aliphatic heterocycles. The summed E-state index contributed by atoms with van der Waals surface area (Å²) >= 11 is 0. The van der Waals surface area contributed by atoms with Gasteiger partial charge in [-0.15, -0.1) is 0 Å². The number of hydrogen-bond donors (Lipinski definition) is 0. The number of aryl methyl sites for hydroxylation is 1. The topological polar surface area (TPSA) is 34.9 Å². The van der Waals surface area contributed by atoms with Gasteiger partial charge in [0.2, 0.25) is 5.78 Å². The molecular formula is C19H13F5N2O. The lowest BCUT2D eigenvalue weighted by atomic mass is 9.96. The zero-order valence-electron chi connectivity index (χ0n) is 14.0. The number of aromatic nitrogens is 2. The summed E-state index contributed by atoms with van der Waals surface area (Å²) in [5.41, 5.74) is -2.27. The number of nitrogens with zero attached hydrogens (tertiary/aromatic N) is 2. The lowest BCUT2D eigenvalue weighted by molar-refractivity contribution is -0.138. The van der Waals surface area contributed by atoms with Gasteiger partial charge >= 0.3 is 12.1 Å². The Morgan fingerprint density at radius 1 is 1.00 bits per heavy atom. The highest BCUT2D eigenvalue weighted by atomic mass is 19.4. The SMILES string of the molecule is Cc1ccc(C(F)(F)C(=O)c2cnn(-c3ccccc3)c2)cc1C(F)(F)F. The van der Waals surface area contributed by atoms with Crippen LogP contribution in [0, 0.1) is 6.92 Å². The molecule has 0 N–H and O–H groups in total. The van der Waals surface area contributed by atoms with Crippen molar-refractivity contribution in [1.29, 1.82) is 0 Å². The highest BCUT2D eigenvalue weighted by Gasteiger charge is 2.44. The van der Waals surface area contributed by atoms with Crippen LogP contribution in [0.1, 0.15) is 27.0 Å². The van der Waals surface area contributed by atoms with Gasteiger partial charge < -0.3 is 0 Å². The monoisotopic (exact) mass is 380 g/mol. The van der Waals surface area contributed by atoms with Crippen molar-refractivity contribution >= 4 is 5.78 Å². The van der Waals surface area contributed by atoms with Gasteiger partial charge in [-0.2, -0.15) is 27.1 Å². The zero-order chi connectivity index (χ0) is 19.8. The molecule has 8 heteroatoms. The fourth-order valence-corrected chi connectivity index (χ4v) is 2.60. The van der Waals surface area contributed by atoms with E-state index in [1.165, 1.54) is 4.68 Å². The zero-order valence-corrected chi connectivity index (χ0v) is 14.0. The number of rotatable bonds is 4. The first-order valence-corrected chi connectivity index (χ1v) is 7.82. The molecule has 0 saturated carbocycles. The molecule has 2 aromatic carbocycles. The van der Waals surface area contributed by atoms with Crippen LogP contribution in [-0.4, -0.2) is 15.6 Å². The molecule has 1 aromatic heterocycles. The molecule has 3 aromatic rings. The van der Waals surface area contributed by atoms with E-state index >= 15 is 0 Å². The number of halogens is 5. The van der Waals surface area contributed by atoms with Gasteiger partial charge in [0.05, 0.1) is 23.0 Å². The predicted octanol–water partition coefficient (Wildman–Crippen LogP) is 5.17. The molecule has 0 bridgehead atoms. The van der Waals surface area contributed by atoms with Crippen LogP contribution in [0.4, 0.5) is 22.0 Å². The number of benzene rings is 2. The van der Waals surface area contributed by atoms with E-state index in [2.05, 4.69) is 5.10 Å². The van der Waals surface area contributed by atoms with Crippen LogP contribution >= 0.6 is 0 Å². The first-order chi connectivity index (χ1) is 12.6. The summed E-state index contributed by atoms with van der Waals surface area (Å²) in [6.07, 6.45) is -2.72. The quantitative estimate of drug-likeness (QED) is 0.462. The van der Waals surface area contributed by atoms with Gasteiger partial charge in [-0.25, -0.2) is 4.68 Å². The van der Waals surface area contributed by atoms with Crippen LogP contribution in [0.15, 0.2) is 60.9 Å². The van der Waals surface area contributed by atoms with E-state index in [1.807, 2.05) is 0 Å². The van der Waals surface area contributed by atoms with Crippen molar-refractivity contribution in [3.8, 4) is 5.69 Å². The Bertz CT molecular complexity index is 977. The van der Waals surface area contributed by atoms with E-state index in [-0.39, 0.29) is 5.56 Å². The van der Waals surface area contributed by atoms with Crippen molar-refractivity contribution in [2.24, 2.45) is 0 Å². The maximum Gasteiger partial charge on any atom is 0.416 e. The number of ketones is 1. The molecule has 0 spiro atoms. The number of carbonyl (C=O) groups excluding carboxylic acids is 1. The first kappa shape index (κ1) is 18.8. The smallest absolute Gasteiger partial charge is 0.287 e. The van der Waals surface area contributed by atoms with E-state index in [1.54, 1.807) is 30.3 Å². The van der Waals surface area contributed by atoms with Crippen molar-refractivity contribution in [2.45, 2.75) is 19.0 Å². The molecule has 0 radical (unpaired) electrons. The molecule has 0 aliphatic rings. The molecule has 0 fully saturated rings. The molecule has 0 aliphatic carbocycles. The Balaban J connectivity index is 1.96. The lowest BCUT2D eigenvalue weighted by Crippen LogP contribution is -2.26. The fourth-order valence-electron chi connectivity index (χ4n) is 2.60. The molecule has 1 heterocycles. The van der Waals surface area contributed by atoms with Crippen molar-refractivity contribution < 1.29 is 26.7 Å². The molecule has 0 unspecified atom stereocenters. The van der Waals surface area contributed by atoms with Gasteiger partial charge in [-0.3, -0.25) is 4.79 Å². The van der Waals surface area contributed by atoms with Crippen LogP contribution in [0.5, 0.6) is 0 Å². The third kappa shape index (κ3) is 3.60. The van der Waals surface area contributed by atoms with E-state index in [0.717, 1.165) is 31.5 Å². The third-order valence-corrected chi connectivity index (χ3v) is 4.06. The number of alkyl halides is 5. The van der Waals surface area contributed by atoms with Crippen molar-refractivity contribution in [3.63, 3.8) is 0 Å². The van der Waals surface area contributed by atoms with Crippen molar-refractivity contribution in [3.05, 3.63) is 83.2 Å². The standard InChI is InChI=1S/C19H13F5N2O/c1-12-7-8-14(9-16(12)19(22,23)24)18(20,21)17(27)13-10-25-26(11-13)15-5-3-2-4-6-15/h2-11H,1H3.